The second-order valence-corrected chi connectivity index (χ2v) is 32.4. The molecule has 8 aliphatic rings. The Balaban J connectivity index is 0.000000197. The number of aromatic hydroxyl groups is 2. The van der Waals surface area contributed by atoms with Crippen LogP contribution in [-0.2, 0) is 23.7 Å². The van der Waals surface area contributed by atoms with Crippen molar-refractivity contribution in [2.24, 2.45) is 0 Å². The minimum Gasteiger partial charge on any atom is -0.510 e. The first-order chi connectivity index (χ1) is 63.4. The molecule has 0 saturated heterocycles. The summed E-state index contributed by atoms with van der Waals surface area (Å²) >= 11 is 2.02. The van der Waals surface area contributed by atoms with E-state index in [2.05, 4.69) is 61.9 Å². The maximum atomic E-state index is 13.6. The van der Waals surface area contributed by atoms with Crippen molar-refractivity contribution in [3.05, 3.63) is 404 Å². The predicted molar refractivity (Wildman–Crippen MR) is 524 cm³/mol. The fourth-order valence-corrected chi connectivity index (χ4v) is 17.1. The fourth-order valence-electron chi connectivity index (χ4n) is 16.2. The van der Waals surface area contributed by atoms with E-state index in [-0.39, 0.29) is 59.2 Å². The van der Waals surface area contributed by atoms with E-state index < -0.39 is 175 Å². The van der Waals surface area contributed by atoms with Crippen LogP contribution in [0.5, 0.6) is 23.0 Å². The van der Waals surface area contributed by atoms with E-state index in [1.807, 2.05) is 79.8 Å². The maximum Gasteiger partial charge on any atom is 0.488 e. The largest absolute Gasteiger partial charge is 0.510 e. The van der Waals surface area contributed by atoms with Gasteiger partial charge in [0.1, 0.15) is 57.0 Å². The van der Waals surface area contributed by atoms with Gasteiger partial charge in [0, 0.05) is 43.6 Å². The van der Waals surface area contributed by atoms with Crippen molar-refractivity contribution < 1.29 is 79.0 Å². The molecule has 16 rings (SSSR count). The Kier molecular flexibility index (Phi) is 35.7. The van der Waals surface area contributed by atoms with Crippen LogP contribution in [0.2, 0.25) is 0 Å². The number of aliphatic hydroxyl groups excluding tert-OH is 4. The molecule has 2 unspecified atom stereocenters. The number of phenolic OH excluding ortho intramolecular Hbond substituents is 2. The molecule has 2 atom stereocenters. The van der Waals surface area contributed by atoms with Gasteiger partial charge in [0.15, 0.2) is 22.4 Å². The number of aromatic nitrogens is 2. The lowest BCUT2D eigenvalue weighted by molar-refractivity contribution is 0.361. The second kappa shape index (κ2) is 46.0. The molecule has 0 bridgehead atoms. The Bertz CT molecular complexity index is 7220. The average Bonchev–Trinajstić information content (AvgIpc) is 1.52. The SMILES string of the molecule is C/C=C/C=C/c1cc2c(C)c3c(c(O)c2c(=O)[nH]1)C1(CC3)C(O)=c2c(=O)c3c(=O)cc(OC)c(=O)c=3c(=O)c2=C1O.C/C=C/C=C/c1cc2c(I)c3c(c(O)c2c(=O)[nH]1)C1(CC3)C(O)=c2c(=O)c3c(=O)cc(OC)c(=O)c=3c(=O)c2=C1O.C/C=C/CCCC.CCCCC/C=C/B(O)O.Cc1ccc(F)cc1.Cc1ccccc1.OB(O)c1ccc(F)cc1.OB(O)c1ccccc1. The molecule has 6 aromatic carbocycles. The van der Waals surface area contributed by atoms with E-state index in [0.29, 0.717) is 53.3 Å². The van der Waals surface area contributed by atoms with Crippen molar-refractivity contribution in [2.75, 3.05) is 14.2 Å². The zero-order valence-corrected chi connectivity index (χ0v) is 76.7. The molecular weight excluding hydrogens is 1820 g/mol. The van der Waals surface area contributed by atoms with Crippen LogP contribution < -0.4 is 95.8 Å². The predicted octanol–water partition coefficient (Wildman–Crippen LogP) is 8.01. The number of phenols is 2. The Morgan fingerprint density at radius 1 is 0.436 bits per heavy atom. The molecule has 0 radical (unpaired) electrons. The topological polar surface area (TPSA) is 464 Å². The third-order valence-corrected chi connectivity index (χ3v) is 24.0. The number of hydrogen-bond donors (Lipinski definition) is 14. The molecule has 2 aromatic heterocycles. The van der Waals surface area contributed by atoms with Crippen LogP contribution in [0.15, 0.2) is 242 Å². The van der Waals surface area contributed by atoms with Gasteiger partial charge >= 0.3 is 21.4 Å². The van der Waals surface area contributed by atoms with Crippen LogP contribution in [0.4, 0.5) is 8.78 Å². The van der Waals surface area contributed by atoms with Crippen LogP contribution in [0, 0.1) is 56.9 Å². The van der Waals surface area contributed by atoms with Crippen molar-refractivity contribution >= 4 is 112 Å². The zero-order chi connectivity index (χ0) is 97.8. The maximum absolute atomic E-state index is 13.6. The lowest BCUT2D eigenvalue weighted by Gasteiger charge is -2.27. The first-order valence-corrected chi connectivity index (χ1v) is 43.6. The van der Waals surface area contributed by atoms with Gasteiger partial charge < -0.3 is 80.2 Å². The number of rotatable bonds is 16. The molecule has 0 fully saturated rings. The number of H-pyrrole nitrogens is 2. The number of fused-ring (bicyclic) bond motifs is 8. The molecule has 32 heteroatoms. The number of hydrogen-bond acceptors (Lipinski definition) is 24. The number of halogens is 3. The monoisotopic (exact) mass is 1920 g/mol. The van der Waals surface area contributed by atoms with Crippen molar-refractivity contribution in [1.82, 2.24) is 9.97 Å². The molecule has 0 aliphatic heterocycles. The molecule has 2 spiro atoms. The van der Waals surface area contributed by atoms with Crippen LogP contribution in [0.25, 0.3) is 56.7 Å². The molecule has 2 heterocycles. The summed E-state index contributed by atoms with van der Waals surface area (Å²) in [5.74, 6) is -4.02. The molecule has 0 saturated carbocycles. The molecule has 14 N–H and O–H groups in total. The van der Waals surface area contributed by atoms with Gasteiger partial charge in [-0.15, -0.1) is 0 Å². The highest BCUT2D eigenvalue weighted by Gasteiger charge is 2.55. The molecule has 0 amide bonds. The van der Waals surface area contributed by atoms with E-state index in [9.17, 15) is 87.4 Å². The van der Waals surface area contributed by atoms with Crippen LogP contribution in [0.1, 0.15) is 143 Å². The standard InChI is InChI=1S/C31H23NO9.C30H20INO9.C7H15BO2.C7H7F.C7H8.C7H14.C6H6BFO2.C6H7BO2/c1-4-5-6-7-13-10-15-12(2)14-8-9-31(23(14)27(37)18(15)30(40)32-13)28(38)21-22(29(31)39)26(36)20-19(25(21)35)16(33)11-17(41-3)24(20)34;1-3-4-5-6-11-9-13-16(29(40)32-11)26(37)21-12(22(13)31)7-8-30(21)27(38)19-20(28(30)39)25(36)18-17(24(19)35)14(33)10-15(41-2)23(18)34;1-2-3-4-5-6-7-8(9)10;1-6-2-4-7(8)5-3-6;1-7-5-3-2-4-6-7;1-3-5-7-6-4-2;8-6-3-1-5(2-4-6)7(9)10;8-7(9)6-4-2-1-3-5-6/h4-7,10-11,37-39H,8-9H2,1-3H3,(H,32,40);3-6,9-10,37-39H,7-8H2,1-2H3,(H,32,40);6-7,9-10H,2-5H2,1H3;2-5H,1H3;2-6H,1H3;3,5H,4,6-7H2,1-2H3;1-4,9-10H;1-5,8-9H/b5-4+,7-6+;4-3+,6-5+;7-6+;;;5-3+;;. The van der Waals surface area contributed by atoms with Crippen molar-refractivity contribution in [3.8, 4) is 23.0 Å². The summed E-state index contributed by atoms with van der Waals surface area (Å²) < 4.78 is 34.7. The molecule has 688 valence electrons. The zero-order valence-electron chi connectivity index (χ0n) is 74.5. The van der Waals surface area contributed by atoms with Crippen molar-refractivity contribution in [2.45, 2.75) is 137 Å². The summed E-state index contributed by atoms with van der Waals surface area (Å²) in [7, 11) is -1.87. The molecule has 8 aromatic rings. The van der Waals surface area contributed by atoms with Gasteiger partial charge in [-0.2, -0.15) is 0 Å². The summed E-state index contributed by atoms with van der Waals surface area (Å²) in [6, 6.07) is 35.3. The molecule has 133 heavy (non-hydrogen) atoms. The first kappa shape index (κ1) is 103. The van der Waals surface area contributed by atoms with Gasteiger partial charge in [-0.05, 0) is 191 Å². The number of aryl methyl sites for hydroxylation is 3. The van der Waals surface area contributed by atoms with Crippen molar-refractivity contribution in [3.63, 3.8) is 0 Å². The Morgan fingerprint density at radius 3 is 1.20 bits per heavy atom. The summed E-state index contributed by atoms with van der Waals surface area (Å²) in [6.07, 6.45) is 28.9. The Labute approximate surface area is 773 Å². The Hall–Kier alpha value is -13.6. The van der Waals surface area contributed by atoms with E-state index in [4.69, 9.17) is 39.6 Å². The smallest absolute Gasteiger partial charge is 0.488 e. The first-order valence-electron chi connectivity index (χ1n) is 42.5. The fraction of sp³-hybridized carbons (Fsp3) is 0.228. The minimum absolute atomic E-state index is 0.0125. The number of benzene rings is 6. The molecule has 26 nitrogen and oxygen atoms in total. The van der Waals surface area contributed by atoms with Gasteiger partial charge in [-0.3, -0.25) is 47.9 Å². The number of pyridine rings is 2. The average molecular weight is 1920 g/mol. The number of aromatic amines is 2. The lowest BCUT2D eigenvalue weighted by atomic mass is 9.78. The van der Waals surface area contributed by atoms with E-state index >= 15 is 0 Å². The lowest BCUT2D eigenvalue weighted by Crippen LogP contribution is -2.51. The summed E-state index contributed by atoms with van der Waals surface area (Å²) in [6.45, 7) is 15.9. The number of allylic oxidation sites excluding steroid dienone is 9. The van der Waals surface area contributed by atoms with Gasteiger partial charge in [0.05, 0.1) is 66.7 Å². The third kappa shape index (κ3) is 21.8. The Morgan fingerprint density at radius 2 is 0.820 bits per heavy atom. The number of ether oxygens (including phenoxy) is 2. The van der Waals surface area contributed by atoms with E-state index in [1.165, 1.54) is 80.0 Å². The number of aliphatic hydroxyl groups is 4. The highest BCUT2D eigenvalue weighted by Crippen LogP contribution is 2.57. The second-order valence-electron chi connectivity index (χ2n) is 31.3. The number of methoxy groups -OCH3 is 2. The van der Waals surface area contributed by atoms with Crippen molar-refractivity contribution in [1.29, 1.82) is 0 Å². The van der Waals surface area contributed by atoms with Gasteiger partial charge in [-0.25, -0.2) is 8.78 Å². The summed E-state index contributed by atoms with van der Waals surface area (Å²) in [5.41, 5.74) is -7.64. The minimum atomic E-state index is -1.95. The molecular formula is C101H100B3F2IN2O24. The molecule has 8 aliphatic carbocycles. The van der Waals surface area contributed by atoms with Gasteiger partial charge in [-0.1, -0.05) is 196 Å². The number of unbranched alkanes of at least 4 members (excludes halogenated alkanes) is 5. The van der Waals surface area contributed by atoms with Gasteiger partial charge in [0.2, 0.25) is 32.6 Å². The van der Waals surface area contributed by atoms with Crippen LogP contribution in [-0.4, -0.2) is 106 Å². The summed E-state index contributed by atoms with van der Waals surface area (Å²) in [4.78, 5) is 138. The highest BCUT2D eigenvalue weighted by atomic mass is 127. The van der Waals surface area contributed by atoms with Crippen LogP contribution in [0.3, 0.4) is 0 Å². The normalized spacial score (nSPS) is 14.8. The van der Waals surface area contributed by atoms with E-state index in [0.717, 1.165) is 44.8 Å². The quantitative estimate of drug-likeness (QED) is 0.0143. The number of nitrogens with one attached hydrogen (secondary N) is 2. The summed E-state index contributed by atoms with van der Waals surface area (Å²) in [5, 5.41) is 116. The third-order valence-electron chi connectivity index (χ3n) is 22.7. The van der Waals surface area contributed by atoms with E-state index in [1.54, 1.807) is 98.0 Å². The van der Waals surface area contributed by atoms with Gasteiger partial charge in [0.25, 0.3) is 11.1 Å². The van der Waals surface area contributed by atoms with Crippen LogP contribution >= 0.6 is 22.6 Å². The highest BCUT2D eigenvalue weighted by molar-refractivity contribution is 14.1.